The predicted molar refractivity (Wildman–Crippen MR) is 40.0 cm³/mol. The van der Waals surface area contributed by atoms with Gasteiger partial charge in [0.25, 0.3) is 0 Å². The Bertz CT molecular complexity index is 191. The first-order valence-electron chi connectivity index (χ1n) is 3.57. The second-order valence-electron chi connectivity index (χ2n) is 3.29. The molecule has 0 aliphatic rings. The molecule has 13 heavy (non-hydrogen) atoms. The molecule has 4 nitrogen and oxygen atoms in total. The summed E-state index contributed by atoms with van der Waals surface area (Å²) in [6, 6.07) is 0. The molecule has 0 bridgehead atoms. The van der Waals surface area contributed by atoms with Gasteiger partial charge in [-0.25, -0.2) is 0 Å². The van der Waals surface area contributed by atoms with Crippen molar-refractivity contribution in [2.75, 3.05) is 13.1 Å². The number of nitrogens with one attached hydrogen (secondary N) is 1. The van der Waals surface area contributed by atoms with E-state index in [-0.39, 0.29) is 6.54 Å². The summed E-state index contributed by atoms with van der Waals surface area (Å²) in [7, 11) is 0. The van der Waals surface area contributed by atoms with Crippen LogP contribution >= 0.6 is 0 Å². The van der Waals surface area contributed by atoms with E-state index >= 15 is 0 Å². The first-order valence-corrected chi connectivity index (χ1v) is 3.57. The second-order valence-corrected chi connectivity index (χ2v) is 3.29. The minimum Gasteiger partial charge on any atom is -0.302 e. The fourth-order valence-corrected chi connectivity index (χ4v) is 0.575. The Morgan fingerprint density at radius 3 is 2.08 bits per heavy atom. The number of halogens is 3. The number of rotatable bonds is 4. The van der Waals surface area contributed by atoms with Crippen molar-refractivity contribution in [3.8, 4) is 0 Å². The molecule has 0 radical (unpaired) electrons. The lowest BCUT2D eigenvalue weighted by molar-refractivity contribution is -0.558. The van der Waals surface area contributed by atoms with Crippen molar-refractivity contribution < 1.29 is 18.1 Å². The molecule has 0 rings (SSSR count). The van der Waals surface area contributed by atoms with Crippen LogP contribution in [-0.2, 0) is 0 Å². The van der Waals surface area contributed by atoms with Crippen LogP contribution in [0.15, 0.2) is 0 Å². The summed E-state index contributed by atoms with van der Waals surface area (Å²) in [5.41, 5.74) is -1.37. The van der Waals surface area contributed by atoms with Crippen LogP contribution in [0, 0.1) is 10.1 Å². The highest BCUT2D eigenvalue weighted by atomic mass is 19.4. The van der Waals surface area contributed by atoms with Crippen LogP contribution in [0.5, 0.6) is 0 Å². The van der Waals surface area contributed by atoms with Crippen molar-refractivity contribution in [1.29, 1.82) is 0 Å². The molecule has 78 valence electrons. The molecular weight excluding hydrogens is 189 g/mol. The van der Waals surface area contributed by atoms with Crippen LogP contribution in [0.1, 0.15) is 13.8 Å². The molecule has 0 aromatic rings. The lowest BCUT2D eigenvalue weighted by atomic mass is 10.1. The topological polar surface area (TPSA) is 55.2 Å². The summed E-state index contributed by atoms with van der Waals surface area (Å²) >= 11 is 0. The second kappa shape index (κ2) is 3.91. The molecule has 0 aliphatic heterocycles. The van der Waals surface area contributed by atoms with Gasteiger partial charge < -0.3 is 5.32 Å². The van der Waals surface area contributed by atoms with Crippen LogP contribution in [0.4, 0.5) is 13.2 Å². The molecule has 0 amide bonds. The fraction of sp³-hybridized carbons (Fsp3) is 1.00. The number of nitrogens with zero attached hydrogens (tertiary/aromatic N) is 1. The Morgan fingerprint density at radius 2 is 1.77 bits per heavy atom. The molecule has 0 aromatic heterocycles. The zero-order valence-electron chi connectivity index (χ0n) is 7.31. The Balaban J connectivity index is 3.84. The summed E-state index contributed by atoms with van der Waals surface area (Å²) in [6.07, 6.45) is -4.33. The summed E-state index contributed by atoms with van der Waals surface area (Å²) < 4.78 is 34.8. The molecule has 0 atom stereocenters. The molecule has 0 saturated heterocycles. The normalized spacial score (nSPS) is 13.0. The third-order valence-electron chi connectivity index (χ3n) is 1.38. The minimum atomic E-state index is -4.33. The van der Waals surface area contributed by atoms with Gasteiger partial charge >= 0.3 is 6.18 Å². The fourth-order valence-electron chi connectivity index (χ4n) is 0.575. The van der Waals surface area contributed by atoms with E-state index in [1.807, 2.05) is 5.32 Å². The highest BCUT2D eigenvalue weighted by molar-refractivity contribution is 4.71. The van der Waals surface area contributed by atoms with E-state index in [4.69, 9.17) is 0 Å². The van der Waals surface area contributed by atoms with Crippen molar-refractivity contribution in [3.63, 3.8) is 0 Å². The van der Waals surface area contributed by atoms with Gasteiger partial charge in [0.2, 0.25) is 5.54 Å². The molecule has 1 N–H and O–H groups in total. The highest BCUT2D eigenvalue weighted by Gasteiger charge is 2.33. The van der Waals surface area contributed by atoms with Gasteiger partial charge in [-0.15, -0.1) is 0 Å². The zero-order chi connectivity index (χ0) is 10.7. The lowest BCUT2D eigenvalue weighted by Gasteiger charge is -2.16. The summed E-state index contributed by atoms with van der Waals surface area (Å²) in [5, 5.41) is 12.2. The van der Waals surface area contributed by atoms with Crippen molar-refractivity contribution in [3.05, 3.63) is 10.1 Å². The largest absolute Gasteiger partial charge is 0.401 e. The highest BCUT2D eigenvalue weighted by Crippen LogP contribution is 2.13. The van der Waals surface area contributed by atoms with Gasteiger partial charge in [-0.3, -0.25) is 10.1 Å². The van der Waals surface area contributed by atoms with Crippen molar-refractivity contribution in [2.45, 2.75) is 25.6 Å². The average molecular weight is 200 g/mol. The van der Waals surface area contributed by atoms with Gasteiger partial charge in [-0.2, -0.15) is 13.2 Å². The third kappa shape index (κ3) is 5.40. The monoisotopic (exact) mass is 200 g/mol. The molecule has 0 heterocycles. The zero-order valence-corrected chi connectivity index (χ0v) is 7.31. The Morgan fingerprint density at radius 1 is 1.31 bits per heavy atom. The van der Waals surface area contributed by atoms with E-state index in [0.717, 1.165) is 0 Å². The molecule has 0 fully saturated rings. The lowest BCUT2D eigenvalue weighted by Crippen LogP contribution is -2.44. The first kappa shape index (κ1) is 12.2. The van der Waals surface area contributed by atoms with Crippen molar-refractivity contribution in [2.24, 2.45) is 0 Å². The molecule has 7 heteroatoms. The number of nitro groups is 1. The van der Waals surface area contributed by atoms with E-state index in [1.165, 1.54) is 13.8 Å². The maximum Gasteiger partial charge on any atom is 0.401 e. The maximum absolute atomic E-state index is 11.6. The van der Waals surface area contributed by atoms with E-state index in [1.54, 1.807) is 0 Å². The molecule has 0 aliphatic carbocycles. The van der Waals surface area contributed by atoms with Gasteiger partial charge in [-0.1, -0.05) is 0 Å². The minimum absolute atomic E-state index is 0.306. The Kier molecular flexibility index (Phi) is 3.65. The molecule has 0 unspecified atom stereocenters. The van der Waals surface area contributed by atoms with E-state index in [0.29, 0.717) is 0 Å². The van der Waals surface area contributed by atoms with Gasteiger partial charge in [0.1, 0.15) is 0 Å². The van der Waals surface area contributed by atoms with Crippen LogP contribution in [-0.4, -0.2) is 29.7 Å². The van der Waals surface area contributed by atoms with Crippen LogP contribution in [0.3, 0.4) is 0 Å². The van der Waals surface area contributed by atoms with Gasteiger partial charge in [0.15, 0.2) is 0 Å². The maximum atomic E-state index is 11.6. The first-order chi connectivity index (χ1) is 5.65. The molecule has 0 saturated carbocycles. The summed E-state index contributed by atoms with van der Waals surface area (Å²) in [5.74, 6) is 0. The Labute approximate surface area is 73.3 Å². The number of alkyl halides is 3. The van der Waals surface area contributed by atoms with Crippen molar-refractivity contribution in [1.82, 2.24) is 5.32 Å². The number of hydrogen-bond acceptors (Lipinski definition) is 3. The van der Waals surface area contributed by atoms with Crippen LogP contribution in [0.2, 0.25) is 0 Å². The molecule has 0 aromatic carbocycles. The smallest absolute Gasteiger partial charge is 0.302 e. The molecular formula is C6H11F3N2O2. The average Bonchev–Trinajstić information content (AvgIpc) is 1.82. The standard InChI is InChI=1S/C6H11F3N2O2/c1-5(2,11(12)13)3-10-4-6(7,8)9/h10H,3-4H2,1-2H3. The van der Waals surface area contributed by atoms with Crippen LogP contribution < -0.4 is 5.32 Å². The van der Waals surface area contributed by atoms with Gasteiger partial charge in [-0.05, 0) is 0 Å². The quantitative estimate of drug-likeness (QED) is 0.547. The number of hydrogen-bond donors (Lipinski definition) is 1. The van der Waals surface area contributed by atoms with E-state index in [9.17, 15) is 23.3 Å². The van der Waals surface area contributed by atoms with Gasteiger partial charge in [0.05, 0.1) is 13.1 Å². The van der Waals surface area contributed by atoms with Gasteiger partial charge in [0, 0.05) is 18.8 Å². The summed E-state index contributed by atoms with van der Waals surface area (Å²) in [6.45, 7) is 1.01. The van der Waals surface area contributed by atoms with Crippen molar-refractivity contribution >= 4 is 0 Å². The molecule has 0 spiro atoms. The summed E-state index contributed by atoms with van der Waals surface area (Å²) in [4.78, 5) is 9.65. The van der Waals surface area contributed by atoms with E-state index < -0.39 is 23.2 Å². The SMILES string of the molecule is CC(C)(CNCC(F)(F)F)[N+](=O)[O-]. The Hall–Kier alpha value is -0.850. The van der Waals surface area contributed by atoms with Crippen LogP contribution in [0.25, 0.3) is 0 Å². The third-order valence-corrected chi connectivity index (χ3v) is 1.38. The predicted octanol–water partition coefficient (Wildman–Crippen LogP) is 1.19. The van der Waals surface area contributed by atoms with E-state index in [2.05, 4.69) is 0 Å².